The van der Waals surface area contributed by atoms with Crippen LogP contribution in [0.2, 0.25) is 0 Å². The Kier molecular flexibility index (Phi) is 8.81. The summed E-state index contributed by atoms with van der Waals surface area (Å²) in [4.78, 5) is 21.0. The molecule has 0 spiro atoms. The van der Waals surface area contributed by atoms with Gasteiger partial charge in [-0.2, -0.15) is 9.41 Å². The zero-order valence-electron chi connectivity index (χ0n) is 22.7. The lowest BCUT2D eigenvalue weighted by atomic mass is 10.1. The van der Waals surface area contributed by atoms with E-state index in [1.54, 1.807) is 73.6 Å². The lowest BCUT2D eigenvalue weighted by molar-refractivity contribution is 0.0955. The standard InChI is InChI=1S/C31H28N6O4S/c1-41-29-12-14-30(15-13-29)42(39,40)37(22-26-3-2-16-32-19-26)21-25-4-8-27(9-5-25)31(38)35-34-20-24-6-10-28(11-7-24)36-18-17-33-23-36/h2-20,23H,21-22H2,1H3,(H,35,38)/b34-20-. The molecule has 0 aliphatic heterocycles. The number of rotatable bonds is 11. The van der Waals surface area contributed by atoms with Crippen LogP contribution in [0.1, 0.15) is 27.0 Å². The maximum Gasteiger partial charge on any atom is 0.271 e. The summed E-state index contributed by atoms with van der Waals surface area (Å²) in [6.45, 7) is 0.223. The van der Waals surface area contributed by atoms with Gasteiger partial charge >= 0.3 is 0 Å². The third-order valence-electron chi connectivity index (χ3n) is 6.43. The van der Waals surface area contributed by atoms with Crippen LogP contribution in [-0.2, 0) is 23.1 Å². The van der Waals surface area contributed by atoms with Gasteiger partial charge in [-0.05, 0) is 71.3 Å². The molecule has 1 N–H and O–H groups in total. The molecular weight excluding hydrogens is 552 g/mol. The topological polar surface area (TPSA) is 119 Å². The predicted molar refractivity (Wildman–Crippen MR) is 159 cm³/mol. The molecule has 0 radical (unpaired) electrons. The zero-order chi connectivity index (χ0) is 29.4. The fourth-order valence-electron chi connectivity index (χ4n) is 4.16. The van der Waals surface area contributed by atoms with Gasteiger partial charge in [0.05, 0.1) is 24.5 Å². The van der Waals surface area contributed by atoms with E-state index in [1.807, 2.05) is 41.1 Å². The van der Waals surface area contributed by atoms with Crippen LogP contribution >= 0.6 is 0 Å². The first-order valence-electron chi connectivity index (χ1n) is 13.0. The second-order valence-corrected chi connectivity index (χ2v) is 11.2. The van der Waals surface area contributed by atoms with Gasteiger partial charge in [-0.3, -0.25) is 9.78 Å². The third kappa shape index (κ3) is 6.95. The van der Waals surface area contributed by atoms with Crippen LogP contribution in [0.25, 0.3) is 5.69 Å². The van der Waals surface area contributed by atoms with Crippen LogP contribution in [-0.4, -0.2) is 46.5 Å². The number of hydrogen-bond donors (Lipinski definition) is 1. The van der Waals surface area contributed by atoms with Gasteiger partial charge in [-0.1, -0.05) is 30.3 Å². The molecule has 0 bridgehead atoms. The Hall–Kier alpha value is -5.13. The number of nitrogens with one attached hydrogen (secondary N) is 1. The monoisotopic (exact) mass is 580 g/mol. The van der Waals surface area contributed by atoms with Crippen molar-refractivity contribution in [3.63, 3.8) is 0 Å². The lowest BCUT2D eigenvalue weighted by Gasteiger charge is -2.22. The molecule has 2 heterocycles. The molecule has 11 heteroatoms. The summed E-state index contributed by atoms with van der Waals surface area (Å²) < 4.78 is 35.7. The number of sulfonamides is 1. The molecule has 212 valence electrons. The van der Waals surface area contributed by atoms with Crippen molar-refractivity contribution < 1.29 is 17.9 Å². The number of imidazole rings is 1. The Morgan fingerprint density at radius 1 is 0.929 bits per heavy atom. The van der Waals surface area contributed by atoms with Crippen molar-refractivity contribution in [3.8, 4) is 11.4 Å². The molecule has 1 amide bonds. The van der Waals surface area contributed by atoms with Gasteiger partial charge in [0, 0.05) is 49.1 Å². The van der Waals surface area contributed by atoms with Gasteiger partial charge in [0.2, 0.25) is 10.0 Å². The van der Waals surface area contributed by atoms with Gasteiger partial charge < -0.3 is 9.30 Å². The summed E-state index contributed by atoms with van der Waals surface area (Å²) in [7, 11) is -2.33. The van der Waals surface area contributed by atoms with Crippen LogP contribution in [0, 0.1) is 0 Å². The number of carbonyl (C=O) groups is 1. The molecule has 0 atom stereocenters. The fourth-order valence-corrected chi connectivity index (χ4v) is 5.57. The Balaban J connectivity index is 1.26. The molecule has 10 nitrogen and oxygen atoms in total. The highest BCUT2D eigenvalue weighted by Gasteiger charge is 2.25. The number of methoxy groups -OCH3 is 1. The van der Waals surface area contributed by atoms with Crippen molar-refractivity contribution in [2.24, 2.45) is 5.10 Å². The summed E-state index contributed by atoms with van der Waals surface area (Å²) in [6, 6.07) is 24.2. The van der Waals surface area contributed by atoms with E-state index in [4.69, 9.17) is 4.74 Å². The summed E-state index contributed by atoms with van der Waals surface area (Å²) in [5, 5.41) is 4.06. The Labute approximate surface area is 244 Å². The van der Waals surface area contributed by atoms with E-state index in [2.05, 4.69) is 20.5 Å². The van der Waals surface area contributed by atoms with E-state index < -0.39 is 10.0 Å². The summed E-state index contributed by atoms with van der Waals surface area (Å²) >= 11 is 0. The zero-order valence-corrected chi connectivity index (χ0v) is 23.6. The summed E-state index contributed by atoms with van der Waals surface area (Å²) in [5.74, 6) is 0.181. The van der Waals surface area contributed by atoms with Gasteiger partial charge in [0.25, 0.3) is 5.91 Å². The highest BCUT2D eigenvalue weighted by Crippen LogP contribution is 2.23. The van der Waals surface area contributed by atoms with Crippen LogP contribution in [0.4, 0.5) is 0 Å². The van der Waals surface area contributed by atoms with Crippen LogP contribution < -0.4 is 10.2 Å². The lowest BCUT2D eigenvalue weighted by Crippen LogP contribution is -2.30. The summed E-state index contributed by atoms with van der Waals surface area (Å²) in [5.41, 5.74) is 6.17. The van der Waals surface area contributed by atoms with E-state index in [9.17, 15) is 13.2 Å². The number of amides is 1. The molecule has 0 unspecified atom stereocenters. The minimum atomic E-state index is -3.86. The van der Waals surface area contributed by atoms with Gasteiger partial charge in [0.15, 0.2) is 0 Å². The Morgan fingerprint density at radius 3 is 2.31 bits per heavy atom. The second-order valence-electron chi connectivity index (χ2n) is 9.27. The molecule has 42 heavy (non-hydrogen) atoms. The van der Waals surface area contributed by atoms with E-state index in [1.165, 1.54) is 23.5 Å². The number of hydrazone groups is 1. The van der Waals surface area contributed by atoms with Crippen molar-refractivity contribution in [2.75, 3.05) is 7.11 Å². The van der Waals surface area contributed by atoms with Crippen molar-refractivity contribution in [1.29, 1.82) is 0 Å². The molecule has 0 aliphatic carbocycles. The van der Waals surface area contributed by atoms with Crippen molar-refractivity contribution in [3.05, 3.63) is 138 Å². The first-order valence-corrected chi connectivity index (χ1v) is 14.4. The first kappa shape index (κ1) is 28.4. The maximum atomic E-state index is 13.6. The van der Waals surface area contributed by atoms with Gasteiger partial charge in [-0.15, -0.1) is 0 Å². The Bertz CT molecular complexity index is 1740. The number of benzene rings is 3. The number of hydrogen-bond acceptors (Lipinski definition) is 7. The fraction of sp³-hybridized carbons (Fsp3) is 0.0968. The normalized spacial score (nSPS) is 11.6. The van der Waals surface area contributed by atoms with E-state index in [0.717, 1.165) is 16.8 Å². The van der Waals surface area contributed by atoms with Crippen LogP contribution in [0.3, 0.4) is 0 Å². The summed E-state index contributed by atoms with van der Waals surface area (Å²) in [6.07, 6.45) is 10.1. The highest BCUT2D eigenvalue weighted by atomic mass is 32.2. The van der Waals surface area contributed by atoms with Gasteiger partial charge in [0.1, 0.15) is 5.75 Å². The largest absolute Gasteiger partial charge is 0.497 e. The SMILES string of the molecule is COc1ccc(S(=O)(=O)N(Cc2ccc(C(=O)N/N=C\c3ccc(-n4ccnc4)cc3)cc2)Cc2cccnc2)cc1. The molecule has 0 fully saturated rings. The number of pyridine rings is 1. The van der Waals surface area contributed by atoms with Crippen LogP contribution in [0.15, 0.2) is 126 Å². The number of nitrogens with zero attached hydrogens (tertiary/aromatic N) is 5. The Morgan fingerprint density at radius 2 is 1.67 bits per heavy atom. The molecule has 2 aromatic heterocycles. The van der Waals surface area contributed by atoms with Crippen molar-refractivity contribution in [2.45, 2.75) is 18.0 Å². The number of carbonyl (C=O) groups excluding carboxylic acids is 1. The van der Waals surface area contributed by atoms with Crippen LogP contribution in [0.5, 0.6) is 5.75 Å². The molecule has 5 rings (SSSR count). The highest BCUT2D eigenvalue weighted by molar-refractivity contribution is 7.89. The quantitative estimate of drug-likeness (QED) is 0.182. The average molecular weight is 581 g/mol. The first-order chi connectivity index (χ1) is 20.4. The number of aromatic nitrogens is 3. The number of ether oxygens (including phenoxy) is 1. The predicted octanol–water partition coefficient (Wildman–Crippen LogP) is 4.43. The van der Waals surface area contributed by atoms with Gasteiger partial charge in [-0.25, -0.2) is 18.8 Å². The molecular formula is C31H28N6O4S. The van der Waals surface area contributed by atoms with Crippen molar-refractivity contribution in [1.82, 2.24) is 24.3 Å². The molecule has 0 saturated carbocycles. The molecule has 3 aromatic carbocycles. The maximum absolute atomic E-state index is 13.6. The third-order valence-corrected chi connectivity index (χ3v) is 8.24. The van der Waals surface area contributed by atoms with E-state index >= 15 is 0 Å². The molecule has 5 aromatic rings. The molecule has 0 aliphatic rings. The van der Waals surface area contributed by atoms with Crippen molar-refractivity contribution >= 4 is 22.1 Å². The average Bonchev–Trinajstić information content (AvgIpc) is 3.57. The smallest absolute Gasteiger partial charge is 0.271 e. The second kappa shape index (κ2) is 13.0. The molecule has 0 saturated heterocycles. The van der Waals surface area contributed by atoms with E-state index in [0.29, 0.717) is 16.9 Å². The minimum Gasteiger partial charge on any atom is -0.497 e. The minimum absolute atomic E-state index is 0.0956. The van der Waals surface area contributed by atoms with E-state index in [-0.39, 0.29) is 23.9 Å².